The molecule has 30 heavy (non-hydrogen) atoms. The number of hydrogen-bond donors (Lipinski definition) is 4. The number of fused-ring (bicyclic) bond motifs is 1. The Hall–Kier alpha value is -2.87. The molecule has 1 aromatic carbocycles. The molecule has 0 atom stereocenters. The zero-order valence-corrected chi connectivity index (χ0v) is 17.6. The molecule has 4 rings (SSSR count). The van der Waals surface area contributed by atoms with E-state index in [2.05, 4.69) is 21.5 Å². The smallest absolute Gasteiger partial charge is 0.319 e. The molecular weight excluding hydrogens is 400 g/mol. The average Bonchev–Trinajstić information content (AvgIpc) is 3.44. The monoisotopic (exact) mass is 426 g/mol. The van der Waals surface area contributed by atoms with Crippen molar-refractivity contribution in [1.82, 2.24) is 16.2 Å². The number of hydrogen-bond acceptors (Lipinski definition) is 4. The highest BCUT2D eigenvalue weighted by molar-refractivity contribution is 7.14. The maximum absolute atomic E-state index is 12.5. The van der Waals surface area contributed by atoms with Crippen molar-refractivity contribution < 1.29 is 14.4 Å². The minimum Gasteiger partial charge on any atom is -0.335 e. The van der Waals surface area contributed by atoms with E-state index >= 15 is 0 Å². The first-order chi connectivity index (χ1) is 14.6. The molecule has 0 spiro atoms. The van der Waals surface area contributed by atoms with E-state index in [0.29, 0.717) is 16.1 Å². The summed E-state index contributed by atoms with van der Waals surface area (Å²) in [6.07, 6.45) is 8.84. The second-order valence-electron chi connectivity index (χ2n) is 7.84. The average molecular weight is 427 g/mol. The van der Waals surface area contributed by atoms with Crippen molar-refractivity contribution in [2.24, 2.45) is 0 Å². The SMILES string of the molecule is O=C(Nc1cccc(C(=O)NNC(=O)c2cc3c(s2)CCCCCC3)c1)NC1CC1. The van der Waals surface area contributed by atoms with Gasteiger partial charge >= 0.3 is 6.03 Å². The van der Waals surface area contributed by atoms with Crippen LogP contribution in [-0.2, 0) is 12.8 Å². The second-order valence-corrected chi connectivity index (χ2v) is 8.97. The van der Waals surface area contributed by atoms with Gasteiger partial charge in [-0.05, 0) is 68.4 Å². The van der Waals surface area contributed by atoms with Gasteiger partial charge in [0.1, 0.15) is 0 Å². The van der Waals surface area contributed by atoms with Crippen molar-refractivity contribution in [3.8, 4) is 0 Å². The topological polar surface area (TPSA) is 99.3 Å². The summed E-state index contributed by atoms with van der Waals surface area (Å²) >= 11 is 1.51. The summed E-state index contributed by atoms with van der Waals surface area (Å²) in [7, 11) is 0. The first kappa shape index (κ1) is 20.4. The number of carbonyl (C=O) groups excluding carboxylic acids is 3. The number of rotatable bonds is 4. The third-order valence-electron chi connectivity index (χ3n) is 5.31. The van der Waals surface area contributed by atoms with Crippen molar-refractivity contribution >= 4 is 34.9 Å². The number of nitrogens with one attached hydrogen (secondary N) is 4. The minimum atomic E-state index is -0.440. The van der Waals surface area contributed by atoms with Gasteiger partial charge in [0, 0.05) is 22.2 Å². The summed E-state index contributed by atoms with van der Waals surface area (Å²) in [6, 6.07) is 8.52. The zero-order chi connectivity index (χ0) is 20.9. The number of amides is 4. The molecule has 7 nitrogen and oxygen atoms in total. The van der Waals surface area contributed by atoms with Crippen LogP contribution in [0.1, 0.15) is 69.0 Å². The molecule has 0 unspecified atom stereocenters. The molecule has 1 saturated carbocycles. The highest BCUT2D eigenvalue weighted by atomic mass is 32.1. The molecule has 8 heteroatoms. The lowest BCUT2D eigenvalue weighted by molar-refractivity contribution is 0.0849. The van der Waals surface area contributed by atoms with E-state index < -0.39 is 5.91 Å². The van der Waals surface area contributed by atoms with Crippen LogP contribution in [0, 0.1) is 0 Å². The Morgan fingerprint density at radius 2 is 1.67 bits per heavy atom. The van der Waals surface area contributed by atoms with Gasteiger partial charge in [0.15, 0.2) is 0 Å². The van der Waals surface area contributed by atoms with Gasteiger partial charge in [-0.2, -0.15) is 0 Å². The first-order valence-corrected chi connectivity index (χ1v) is 11.3. The van der Waals surface area contributed by atoms with Crippen molar-refractivity contribution in [1.29, 1.82) is 0 Å². The molecule has 0 aliphatic heterocycles. The molecule has 2 aliphatic rings. The van der Waals surface area contributed by atoms with Crippen LogP contribution >= 0.6 is 11.3 Å². The largest absolute Gasteiger partial charge is 0.335 e. The summed E-state index contributed by atoms with van der Waals surface area (Å²) < 4.78 is 0. The van der Waals surface area contributed by atoms with Crippen LogP contribution in [-0.4, -0.2) is 23.9 Å². The van der Waals surface area contributed by atoms with E-state index in [1.807, 2.05) is 6.07 Å². The van der Waals surface area contributed by atoms with E-state index in [1.165, 1.54) is 34.6 Å². The van der Waals surface area contributed by atoms with E-state index in [9.17, 15) is 14.4 Å². The molecule has 2 aliphatic carbocycles. The Labute approximate surface area is 179 Å². The highest BCUT2D eigenvalue weighted by Crippen LogP contribution is 2.28. The van der Waals surface area contributed by atoms with Gasteiger partial charge in [0.2, 0.25) is 0 Å². The maximum Gasteiger partial charge on any atom is 0.319 e. The molecule has 4 N–H and O–H groups in total. The Morgan fingerprint density at radius 3 is 2.47 bits per heavy atom. The van der Waals surface area contributed by atoms with Crippen LogP contribution in [0.2, 0.25) is 0 Å². The fraction of sp³-hybridized carbons (Fsp3) is 0.409. The third kappa shape index (κ3) is 5.38. The third-order valence-corrected chi connectivity index (χ3v) is 6.54. The van der Waals surface area contributed by atoms with E-state index in [4.69, 9.17) is 0 Å². The minimum absolute atomic E-state index is 0.253. The molecule has 2 aromatic rings. The Kier molecular flexibility index (Phi) is 6.32. The number of aryl methyl sites for hydroxylation is 2. The molecule has 0 bridgehead atoms. The zero-order valence-electron chi connectivity index (χ0n) is 16.8. The lowest BCUT2D eigenvalue weighted by atomic mass is 10.00. The number of anilines is 1. The van der Waals surface area contributed by atoms with Crippen LogP contribution in [0.4, 0.5) is 10.5 Å². The van der Waals surface area contributed by atoms with Gasteiger partial charge in [-0.1, -0.05) is 18.9 Å². The second kappa shape index (κ2) is 9.30. The molecule has 1 heterocycles. The van der Waals surface area contributed by atoms with Gasteiger partial charge in [0.05, 0.1) is 4.88 Å². The fourth-order valence-corrected chi connectivity index (χ4v) is 4.67. The van der Waals surface area contributed by atoms with Gasteiger partial charge in [-0.25, -0.2) is 4.79 Å². The van der Waals surface area contributed by atoms with Gasteiger partial charge in [-0.3, -0.25) is 20.4 Å². The van der Waals surface area contributed by atoms with Gasteiger partial charge in [0.25, 0.3) is 11.8 Å². The summed E-state index contributed by atoms with van der Waals surface area (Å²) in [5.74, 6) is -0.747. The number of carbonyl (C=O) groups is 3. The summed E-state index contributed by atoms with van der Waals surface area (Å²) in [5, 5.41) is 5.55. The van der Waals surface area contributed by atoms with Crippen LogP contribution in [0.15, 0.2) is 30.3 Å². The Morgan fingerprint density at radius 1 is 0.900 bits per heavy atom. The highest BCUT2D eigenvalue weighted by Gasteiger charge is 2.23. The van der Waals surface area contributed by atoms with Crippen LogP contribution < -0.4 is 21.5 Å². The fourth-order valence-electron chi connectivity index (χ4n) is 3.52. The summed E-state index contributed by atoms with van der Waals surface area (Å²) in [6.45, 7) is 0. The maximum atomic E-state index is 12.5. The Balaban J connectivity index is 1.32. The van der Waals surface area contributed by atoms with Crippen molar-refractivity contribution in [2.45, 2.75) is 57.4 Å². The number of thiophene rings is 1. The summed E-state index contributed by atoms with van der Waals surface area (Å²) in [5.41, 5.74) is 7.10. The van der Waals surface area contributed by atoms with E-state index in [0.717, 1.165) is 38.5 Å². The standard InChI is InChI=1S/C22H26N4O3S/c27-20(15-7-5-8-17(12-15)24-22(29)23-16-10-11-16)25-26-21(28)19-13-14-6-3-1-2-4-9-18(14)30-19/h5,7-8,12-13,16H,1-4,6,9-11H2,(H,25,27)(H,26,28)(H2,23,24,29). The predicted molar refractivity (Wildman–Crippen MR) is 117 cm³/mol. The van der Waals surface area contributed by atoms with Gasteiger partial charge in [-0.15, -0.1) is 11.3 Å². The van der Waals surface area contributed by atoms with E-state index in [1.54, 1.807) is 24.3 Å². The Bertz CT molecular complexity index is 926. The van der Waals surface area contributed by atoms with Crippen molar-refractivity contribution in [2.75, 3.05) is 5.32 Å². The van der Waals surface area contributed by atoms with Crippen LogP contribution in [0.3, 0.4) is 0 Å². The lowest BCUT2D eigenvalue weighted by Crippen LogP contribution is -2.41. The molecule has 0 radical (unpaired) electrons. The quantitative estimate of drug-likeness (QED) is 0.560. The molecule has 1 fully saturated rings. The van der Waals surface area contributed by atoms with Crippen molar-refractivity contribution in [3.63, 3.8) is 0 Å². The van der Waals surface area contributed by atoms with Crippen LogP contribution in [0.25, 0.3) is 0 Å². The van der Waals surface area contributed by atoms with Crippen LogP contribution in [0.5, 0.6) is 0 Å². The first-order valence-electron chi connectivity index (χ1n) is 10.5. The molecule has 1 aromatic heterocycles. The molecule has 158 valence electrons. The number of urea groups is 1. The number of benzene rings is 1. The molecular formula is C22H26N4O3S. The van der Waals surface area contributed by atoms with Gasteiger partial charge < -0.3 is 10.6 Å². The van der Waals surface area contributed by atoms with Crippen molar-refractivity contribution in [3.05, 3.63) is 51.2 Å². The normalized spacial score (nSPS) is 15.9. The number of hydrazine groups is 1. The molecule has 0 saturated heterocycles. The predicted octanol–water partition coefficient (Wildman–Crippen LogP) is 3.77. The lowest BCUT2D eigenvalue weighted by Gasteiger charge is -2.09. The van der Waals surface area contributed by atoms with E-state index in [-0.39, 0.29) is 18.0 Å². The summed E-state index contributed by atoms with van der Waals surface area (Å²) in [4.78, 5) is 38.7. The molecule has 4 amide bonds.